The molecule has 1 fully saturated rings. The van der Waals surface area contributed by atoms with Gasteiger partial charge in [-0.1, -0.05) is 38.1 Å². The lowest BCUT2D eigenvalue weighted by Crippen LogP contribution is -2.44. The van der Waals surface area contributed by atoms with Gasteiger partial charge in [-0.2, -0.15) is 5.10 Å². The lowest BCUT2D eigenvalue weighted by atomic mass is 10.1. The van der Waals surface area contributed by atoms with Gasteiger partial charge < -0.3 is 10.1 Å². The highest BCUT2D eigenvalue weighted by Gasteiger charge is 2.22. The number of rotatable bonds is 7. The Hall–Kier alpha value is -2.05. The summed E-state index contributed by atoms with van der Waals surface area (Å²) in [4.78, 5) is 7.10. The molecule has 1 N–H and O–H groups in total. The molecule has 27 heavy (non-hydrogen) atoms. The SMILES string of the molecule is CCc1nnc(NCc2ccccc2CN2CC(C)OC(C)C2)nc1CC. The molecule has 3 rings (SSSR count). The minimum absolute atomic E-state index is 0.281. The van der Waals surface area contributed by atoms with Crippen LogP contribution in [0.4, 0.5) is 5.95 Å². The second kappa shape index (κ2) is 9.24. The van der Waals surface area contributed by atoms with Gasteiger partial charge in [0.15, 0.2) is 0 Å². The summed E-state index contributed by atoms with van der Waals surface area (Å²) in [6.45, 7) is 12.0. The van der Waals surface area contributed by atoms with Gasteiger partial charge in [-0.25, -0.2) is 4.98 Å². The molecule has 0 bridgehead atoms. The van der Waals surface area contributed by atoms with Gasteiger partial charge in [0.05, 0.1) is 23.6 Å². The van der Waals surface area contributed by atoms with Crippen molar-refractivity contribution in [2.45, 2.75) is 65.8 Å². The summed E-state index contributed by atoms with van der Waals surface area (Å²) >= 11 is 0. The van der Waals surface area contributed by atoms with Crippen LogP contribution in [0.25, 0.3) is 0 Å². The first kappa shape index (κ1) is 19.7. The summed E-state index contributed by atoms with van der Waals surface area (Å²) in [7, 11) is 0. The molecule has 0 amide bonds. The molecule has 2 aromatic rings. The first-order valence-electron chi connectivity index (χ1n) is 10.00. The fourth-order valence-electron chi connectivity index (χ4n) is 3.73. The van der Waals surface area contributed by atoms with Crippen LogP contribution in [0.2, 0.25) is 0 Å². The van der Waals surface area contributed by atoms with Crippen molar-refractivity contribution in [1.29, 1.82) is 0 Å². The molecule has 6 nitrogen and oxygen atoms in total. The van der Waals surface area contributed by atoms with E-state index in [0.29, 0.717) is 12.5 Å². The Morgan fingerprint density at radius 2 is 1.67 bits per heavy atom. The average Bonchev–Trinajstić information content (AvgIpc) is 2.66. The van der Waals surface area contributed by atoms with Gasteiger partial charge in [-0.3, -0.25) is 4.90 Å². The molecule has 1 aromatic heterocycles. The lowest BCUT2D eigenvalue weighted by Gasteiger charge is -2.35. The fraction of sp³-hybridized carbons (Fsp3) is 0.571. The van der Waals surface area contributed by atoms with Crippen molar-refractivity contribution >= 4 is 5.95 Å². The Morgan fingerprint density at radius 3 is 2.33 bits per heavy atom. The number of nitrogens with zero attached hydrogens (tertiary/aromatic N) is 4. The third kappa shape index (κ3) is 5.23. The number of hydrogen-bond donors (Lipinski definition) is 1. The lowest BCUT2D eigenvalue weighted by molar-refractivity contribution is -0.0705. The van der Waals surface area contributed by atoms with E-state index in [1.165, 1.54) is 11.1 Å². The van der Waals surface area contributed by atoms with E-state index in [1.54, 1.807) is 0 Å². The molecule has 1 aliphatic rings. The minimum atomic E-state index is 0.281. The van der Waals surface area contributed by atoms with Crippen molar-refractivity contribution in [2.75, 3.05) is 18.4 Å². The maximum absolute atomic E-state index is 5.85. The zero-order chi connectivity index (χ0) is 19.2. The van der Waals surface area contributed by atoms with Crippen LogP contribution in [0.1, 0.15) is 50.2 Å². The molecular formula is C21H31N5O. The molecule has 6 heteroatoms. The van der Waals surface area contributed by atoms with Crippen molar-refractivity contribution in [3.63, 3.8) is 0 Å². The van der Waals surface area contributed by atoms with Crippen molar-refractivity contribution < 1.29 is 4.74 Å². The van der Waals surface area contributed by atoms with Gasteiger partial charge in [0.1, 0.15) is 0 Å². The van der Waals surface area contributed by atoms with E-state index in [1.807, 2.05) is 0 Å². The van der Waals surface area contributed by atoms with Crippen LogP contribution in [0, 0.1) is 0 Å². The molecule has 146 valence electrons. The molecule has 0 spiro atoms. The van der Waals surface area contributed by atoms with Crippen LogP contribution in [0.15, 0.2) is 24.3 Å². The van der Waals surface area contributed by atoms with E-state index in [9.17, 15) is 0 Å². The fourth-order valence-corrected chi connectivity index (χ4v) is 3.73. The minimum Gasteiger partial charge on any atom is -0.373 e. The van der Waals surface area contributed by atoms with E-state index < -0.39 is 0 Å². The number of benzene rings is 1. The first-order valence-corrected chi connectivity index (χ1v) is 10.00. The number of aryl methyl sites for hydroxylation is 2. The molecule has 2 atom stereocenters. The Balaban J connectivity index is 1.67. The molecule has 1 aliphatic heterocycles. The third-order valence-corrected chi connectivity index (χ3v) is 4.95. The molecule has 2 heterocycles. The topological polar surface area (TPSA) is 63.2 Å². The highest BCUT2D eigenvalue weighted by Crippen LogP contribution is 2.18. The molecule has 0 radical (unpaired) electrons. The number of nitrogens with one attached hydrogen (secondary N) is 1. The Kier molecular flexibility index (Phi) is 6.74. The summed E-state index contributed by atoms with van der Waals surface area (Å²) in [5.74, 6) is 0.604. The van der Waals surface area contributed by atoms with Crippen molar-refractivity contribution in [1.82, 2.24) is 20.1 Å². The van der Waals surface area contributed by atoms with Crippen LogP contribution < -0.4 is 5.32 Å². The number of ether oxygens (including phenoxy) is 1. The predicted octanol–water partition coefficient (Wildman–Crippen LogP) is 3.22. The van der Waals surface area contributed by atoms with Crippen LogP contribution in [0.3, 0.4) is 0 Å². The third-order valence-electron chi connectivity index (χ3n) is 4.95. The average molecular weight is 370 g/mol. The van der Waals surface area contributed by atoms with Crippen molar-refractivity contribution in [3.05, 3.63) is 46.8 Å². The van der Waals surface area contributed by atoms with Gasteiger partial charge in [-0.15, -0.1) is 5.10 Å². The van der Waals surface area contributed by atoms with Crippen molar-refractivity contribution in [2.24, 2.45) is 0 Å². The van der Waals surface area contributed by atoms with E-state index >= 15 is 0 Å². The van der Waals surface area contributed by atoms with Gasteiger partial charge >= 0.3 is 0 Å². The zero-order valence-electron chi connectivity index (χ0n) is 16.9. The molecule has 0 aliphatic carbocycles. The van der Waals surface area contributed by atoms with E-state index in [-0.39, 0.29) is 12.2 Å². The Morgan fingerprint density at radius 1 is 1.00 bits per heavy atom. The molecule has 2 unspecified atom stereocenters. The monoisotopic (exact) mass is 369 g/mol. The largest absolute Gasteiger partial charge is 0.373 e. The first-order chi connectivity index (χ1) is 13.1. The number of morpholine rings is 1. The van der Waals surface area contributed by atoms with Gasteiger partial charge in [0.25, 0.3) is 0 Å². The van der Waals surface area contributed by atoms with Gasteiger partial charge in [-0.05, 0) is 37.8 Å². The number of anilines is 1. The molecule has 1 aromatic carbocycles. The molecule has 1 saturated heterocycles. The molecule has 0 saturated carbocycles. The number of hydrogen-bond acceptors (Lipinski definition) is 6. The van der Waals surface area contributed by atoms with Crippen molar-refractivity contribution in [3.8, 4) is 0 Å². The van der Waals surface area contributed by atoms with E-state index in [0.717, 1.165) is 43.9 Å². The maximum atomic E-state index is 5.85. The zero-order valence-corrected chi connectivity index (χ0v) is 16.9. The highest BCUT2D eigenvalue weighted by atomic mass is 16.5. The highest BCUT2D eigenvalue weighted by molar-refractivity contribution is 5.33. The smallest absolute Gasteiger partial charge is 0.243 e. The van der Waals surface area contributed by atoms with Crippen LogP contribution in [-0.4, -0.2) is 45.4 Å². The second-order valence-corrected chi connectivity index (χ2v) is 7.31. The van der Waals surface area contributed by atoms with Crippen LogP contribution in [0.5, 0.6) is 0 Å². The summed E-state index contributed by atoms with van der Waals surface area (Å²) < 4.78 is 5.85. The quantitative estimate of drug-likeness (QED) is 0.808. The van der Waals surface area contributed by atoms with Gasteiger partial charge in [0, 0.05) is 26.2 Å². The Labute approximate surface area is 162 Å². The van der Waals surface area contributed by atoms with Crippen LogP contribution >= 0.6 is 0 Å². The van der Waals surface area contributed by atoms with Crippen LogP contribution in [-0.2, 0) is 30.7 Å². The maximum Gasteiger partial charge on any atom is 0.243 e. The summed E-state index contributed by atoms with van der Waals surface area (Å²) in [5.41, 5.74) is 4.62. The second-order valence-electron chi connectivity index (χ2n) is 7.31. The number of aromatic nitrogens is 3. The van der Waals surface area contributed by atoms with E-state index in [2.05, 4.69) is 77.4 Å². The predicted molar refractivity (Wildman–Crippen MR) is 108 cm³/mol. The standard InChI is InChI=1S/C21H31N5O/c1-5-19-20(6-2)24-25-21(23-19)22-11-17-9-7-8-10-18(17)14-26-12-15(3)27-16(4)13-26/h7-10,15-16H,5-6,11-14H2,1-4H3,(H,22,23,25). The van der Waals surface area contributed by atoms with Gasteiger partial charge in [0.2, 0.25) is 5.95 Å². The summed E-state index contributed by atoms with van der Waals surface area (Å²) in [6.07, 6.45) is 2.30. The Bertz CT molecular complexity index is 741. The molecular weight excluding hydrogens is 338 g/mol. The van der Waals surface area contributed by atoms with E-state index in [4.69, 9.17) is 4.74 Å². The summed E-state index contributed by atoms with van der Waals surface area (Å²) in [6, 6.07) is 8.57. The summed E-state index contributed by atoms with van der Waals surface area (Å²) in [5, 5.41) is 11.9. The normalized spacial score (nSPS) is 20.6.